The number of aryl methyl sites for hydroxylation is 2. The second-order valence-electron chi connectivity index (χ2n) is 5.19. The van der Waals surface area contributed by atoms with Crippen LogP contribution < -0.4 is 10.6 Å². The number of benzene rings is 1. The molecule has 1 aliphatic heterocycles. The van der Waals surface area contributed by atoms with Crippen LogP contribution in [0.2, 0.25) is 0 Å². The van der Waals surface area contributed by atoms with Crippen LogP contribution in [0.3, 0.4) is 0 Å². The largest absolute Gasteiger partial charge is 0.385 e. The van der Waals surface area contributed by atoms with Gasteiger partial charge in [0.25, 0.3) is 5.91 Å². The number of rotatable bonds is 3. The Kier molecular flexibility index (Phi) is 5.42. The molecule has 0 spiro atoms. The molecule has 1 amide bonds. The van der Waals surface area contributed by atoms with Crippen molar-refractivity contribution in [1.82, 2.24) is 4.98 Å². The van der Waals surface area contributed by atoms with Crippen molar-refractivity contribution in [3.63, 3.8) is 0 Å². The minimum absolute atomic E-state index is 0. The van der Waals surface area contributed by atoms with Gasteiger partial charge >= 0.3 is 0 Å². The maximum Gasteiger partial charge on any atom is 0.257 e. The van der Waals surface area contributed by atoms with Gasteiger partial charge in [0.05, 0.1) is 5.69 Å². The highest BCUT2D eigenvalue weighted by molar-refractivity contribution is 7.15. The van der Waals surface area contributed by atoms with Crippen LogP contribution in [0.4, 0.5) is 10.8 Å². The first-order valence-electron chi connectivity index (χ1n) is 7.32. The minimum atomic E-state index is -0.0630. The van der Waals surface area contributed by atoms with E-state index in [0.29, 0.717) is 5.13 Å². The van der Waals surface area contributed by atoms with E-state index in [0.717, 1.165) is 48.3 Å². The predicted molar refractivity (Wildman–Crippen MR) is 94.7 cm³/mol. The topological polar surface area (TPSA) is 54.0 Å². The third-order valence-electron chi connectivity index (χ3n) is 3.79. The Balaban J connectivity index is 0.00000176. The zero-order valence-electron chi connectivity index (χ0n) is 12.7. The molecule has 0 bridgehead atoms. The maximum absolute atomic E-state index is 12.5. The number of halogens is 1. The molecule has 0 radical (unpaired) electrons. The Hall–Kier alpha value is -1.59. The zero-order chi connectivity index (χ0) is 14.8. The first kappa shape index (κ1) is 16.8. The Morgan fingerprint density at radius 3 is 3.00 bits per heavy atom. The van der Waals surface area contributed by atoms with Crippen molar-refractivity contribution in [2.24, 2.45) is 0 Å². The molecule has 118 valence electrons. The van der Waals surface area contributed by atoms with Gasteiger partial charge in [0.15, 0.2) is 5.13 Å². The quantitative estimate of drug-likeness (QED) is 0.888. The molecule has 0 unspecified atom stereocenters. The van der Waals surface area contributed by atoms with Crippen LogP contribution in [0.5, 0.6) is 0 Å². The number of hydrogen-bond acceptors (Lipinski definition) is 4. The fourth-order valence-electron chi connectivity index (χ4n) is 2.70. The monoisotopic (exact) mass is 337 g/mol. The van der Waals surface area contributed by atoms with Crippen LogP contribution in [-0.2, 0) is 12.8 Å². The molecule has 3 rings (SSSR count). The number of aromatic nitrogens is 1. The third-order valence-corrected chi connectivity index (χ3v) is 4.72. The highest BCUT2D eigenvalue weighted by Crippen LogP contribution is 2.27. The van der Waals surface area contributed by atoms with Gasteiger partial charge < -0.3 is 5.32 Å². The number of fused-ring (bicyclic) bond motifs is 1. The van der Waals surface area contributed by atoms with Gasteiger partial charge in [0.1, 0.15) is 0 Å². The number of carbonyl (C=O) groups is 1. The number of hydrogen-bond donors (Lipinski definition) is 2. The lowest BCUT2D eigenvalue weighted by molar-refractivity contribution is 0.102. The molecule has 0 fully saturated rings. The van der Waals surface area contributed by atoms with E-state index in [1.165, 1.54) is 4.88 Å². The van der Waals surface area contributed by atoms with Crippen molar-refractivity contribution in [2.75, 3.05) is 17.2 Å². The summed E-state index contributed by atoms with van der Waals surface area (Å²) in [6.07, 6.45) is 2.90. The van der Waals surface area contributed by atoms with Gasteiger partial charge in [-0.15, -0.1) is 23.7 Å². The SMILES string of the molecule is CCc1nc(NC(=O)c2cccc3c2CCCN3)sc1C.Cl. The normalized spacial score (nSPS) is 12.8. The summed E-state index contributed by atoms with van der Waals surface area (Å²) >= 11 is 1.54. The molecule has 6 heteroatoms. The highest BCUT2D eigenvalue weighted by atomic mass is 35.5. The molecule has 2 N–H and O–H groups in total. The van der Waals surface area contributed by atoms with E-state index < -0.39 is 0 Å². The van der Waals surface area contributed by atoms with E-state index in [1.807, 2.05) is 25.1 Å². The van der Waals surface area contributed by atoms with Gasteiger partial charge in [-0.1, -0.05) is 13.0 Å². The van der Waals surface area contributed by atoms with Crippen molar-refractivity contribution in [2.45, 2.75) is 33.1 Å². The van der Waals surface area contributed by atoms with Crippen LogP contribution in [0.25, 0.3) is 0 Å². The van der Waals surface area contributed by atoms with Gasteiger partial charge in [-0.25, -0.2) is 4.98 Å². The number of nitrogens with zero attached hydrogens (tertiary/aromatic N) is 1. The summed E-state index contributed by atoms with van der Waals surface area (Å²) in [5.74, 6) is -0.0630. The van der Waals surface area contributed by atoms with Gasteiger partial charge in [-0.3, -0.25) is 10.1 Å². The second kappa shape index (κ2) is 7.11. The first-order valence-corrected chi connectivity index (χ1v) is 8.14. The van der Waals surface area contributed by atoms with E-state index in [2.05, 4.69) is 22.5 Å². The summed E-state index contributed by atoms with van der Waals surface area (Å²) in [6, 6.07) is 5.85. The third kappa shape index (κ3) is 3.25. The lowest BCUT2D eigenvalue weighted by Gasteiger charge is -2.20. The summed E-state index contributed by atoms with van der Waals surface area (Å²) < 4.78 is 0. The van der Waals surface area contributed by atoms with E-state index in [4.69, 9.17) is 0 Å². The summed E-state index contributed by atoms with van der Waals surface area (Å²) in [6.45, 7) is 5.09. The van der Waals surface area contributed by atoms with Gasteiger partial charge in [-0.05, 0) is 43.9 Å². The Bertz CT molecular complexity index is 684. The molecule has 0 saturated carbocycles. The van der Waals surface area contributed by atoms with Gasteiger partial charge in [0, 0.05) is 22.7 Å². The Labute approximate surface area is 140 Å². The molecule has 0 aliphatic carbocycles. The smallest absolute Gasteiger partial charge is 0.257 e. The number of amides is 1. The number of anilines is 2. The van der Waals surface area contributed by atoms with Crippen molar-refractivity contribution in [1.29, 1.82) is 0 Å². The predicted octanol–water partition coefficient (Wildman–Crippen LogP) is 4.05. The fourth-order valence-corrected chi connectivity index (χ4v) is 3.59. The minimum Gasteiger partial charge on any atom is -0.385 e. The number of thiazole rings is 1. The maximum atomic E-state index is 12.5. The van der Waals surface area contributed by atoms with E-state index in [9.17, 15) is 4.79 Å². The summed E-state index contributed by atoms with van der Waals surface area (Å²) in [4.78, 5) is 18.2. The highest BCUT2D eigenvalue weighted by Gasteiger charge is 2.18. The number of nitrogens with one attached hydrogen (secondary N) is 2. The molecule has 22 heavy (non-hydrogen) atoms. The van der Waals surface area contributed by atoms with E-state index >= 15 is 0 Å². The molecule has 0 atom stereocenters. The van der Waals surface area contributed by atoms with E-state index in [1.54, 1.807) is 11.3 Å². The van der Waals surface area contributed by atoms with Crippen molar-refractivity contribution in [3.8, 4) is 0 Å². The summed E-state index contributed by atoms with van der Waals surface area (Å²) in [7, 11) is 0. The molecule has 0 saturated heterocycles. The average Bonchev–Trinajstić information content (AvgIpc) is 2.86. The molecule has 1 aliphatic rings. The van der Waals surface area contributed by atoms with Crippen molar-refractivity contribution < 1.29 is 4.79 Å². The number of carbonyl (C=O) groups excluding carboxylic acids is 1. The second-order valence-corrected chi connectivity index (χ2v) is 6.39. The molecular weight excluding hydrogens is 318 g/mol. The average molecular weight is 338 g/mol. The molecule has 1 aromatic carbocycles. The Morgan fingerprint density at radius 1 is 1.45 bits per heavy atom. The Morgan fingerprint density at radius 2 is 2.27 bits per heavy atom. The summed E-state index contributed by atoms with van der Waals surface area (Å²) in [5.41, 5.74) is 4.02. The van der Waals surface area contributed by atoms with Crippen LogP contribution in [0.15, 0.2) is 18.2 Å². The van der Waals surface area contributed by atoms with Gasteiger partial charge in [0.2, 0.25) is 0 Å². The van der Waals surface area contributed by atoms with E-state index in [-0.39, 0.29) is 18.3 Å². The standard InChI is InChI=1S/C16H19N3OS.ClH/c1-3-13-10(2)21-16(18-13)19-15(20)12-6-4-8-14-11(12)7-5-9-17-14;/h4,6,8,17H,3,5,7,9H2,1-2H3,(H,18,19,20);1H. The molecule has 2 heterocycles. The van der Waals surface area contributed by atoms with Crippen LogP contribution in [-0.4, -0.2) is 17.4 Å². The molecular formula is C16H20ClN3OS. The summed E-state index contributed by atoms with van der Waals surface area (Å²) in [5, 5.41) is 6.99. The molecule has 2 aromatic rings. The van der Waals surface area contributed by atoms with Crippen molar-refractivity contribution >= 4 is 40.5 Å². The van der Waals surface area contributed by atoms with Gasteiger partial charge in [-0.2, -0.15) is 0 Å². The first-order chi connectivity index (χ1) is 10.2. The van der Waals surface area contributed by atoms with Crippen LogP contribution >= 0.6 is 23.7 Å². The lowest BCUT2D eigenvalue weighted by atomic mass is 9.97. The fraction of sp³-hybridized carbons (Fsp3) is 0.375. The van der Waals surface area contributed by atoms with Crippen LogP contribution in [0, 0.1) is 6.92 Å². The van der Waals surface area contributed by atoms with Crippen LogP contribution in [0.1, 0.15) is 39.8 Å². The lowest BCUT2D eigenvalue weighted by Crippen LogP contribution is -2.19. The molecule has 1 aromatic heterocycles. The molecule has 4 nitrogen and oxygen atoms in total. The van der Waals surface area contributed by atoms with Crippen molar-refractivity contribution in [3.05, 3.63) is 39.9 Å². The zero-order valence-corrected chi connectivity index (χ0v) is 14.4.